The summed E-state index contributed by atoms with van der Waals surface area (Å²) in [5, 5.41) is 14.9. The lowest BCUT2D eigenvalue weighted by Gasteiger charge is -2.10. The maximum atomic E-state index is 13.3. The molecule has 2 rings (SSSR count). The van der Waals surface area contributed by atoms with Gasteiger partial charge in [-0.2, -0.15) is 5.26 Å². The van der Waals surface area contributed by atoms with E-state index in [1.54, 1.807) is 19.2 Å². The highest BCUT2D eigenvalue weighted by Crippen LogP contribution is 2.20. The summed E-state index contributed by atoms with van der Waals surface area (Å²) in [5.41, 5.74) is 0.604. The average Bonchev–Trinajstić information content (AvgIpc) is 2.49. The number of aromatic nitrogens is 2. The second kappa shape index (κ2) is 6.66. The van der Waals surface area contributed by atoms with Gasteiger partial charge in [-0.05, 0) is 24.6 Å². The van der Waals surface area contributed by atoms with E-state index < -0.39 is 5.82 Å². The van der Waals surface area contributed by atoms with E-state index >= 15 is 0 Å². The quantitative estimate of drug-likeness (QED) is 0.882. The number of aryl methyl sites for hydroxylation is 1. The van der Waals surface area contributed by atoms with Gasteiger partial charge in [-0.3, -0.25) is 0 Å². The van der Waals surface area contributed by atoms with Gasteiger partial charge >= 0.3 is 0 Å². The van der Waals surface area contributed by atoms with Crippen molar-refractivity contribution >= 4 is 17.3 Å². The highest BCUT2D eigenvalue weighted by molar-refractivity contribution is 5.61. The number of nitriles is 1. The maximum absolute atomic E-state index is 13.3. The van der Waals surface area contributed by atoms with E-state index in [1.807, 2.05) is 6.07 Å². The predicted molar refractivity (Wildman–Crippen MR) is 80.0 cm³/mol. The Bertz CT molecular complexity index is 678. The molecule has 0 spiro atoms. The zero-order valence-electron chi connectivity index (χ0n) is 11.9. The molecule has 1 heterocycles. The van der Waals surface area contributed by atoms with Crippen LogP contribution >= 0.6 is 0 Å². The van der Waals surface area contributed by atoms with Crippen LogP contribution in [0.4, 0.5) is 21.7 Å². The molecule has 0 unspecified atom stereocenters. The summed E-state index contributed by atoms with van der Waals surface area (Å²) in [7, 11) is 1.79. The van der Waals surface area contributed by atoms with E-state index in [0.29, 0.717) is 17.3 Å². The second-order valence-electron chi connectivity index (χ2n) is 4.49. The fourth-order valence-corrected chi connectivity index (χ4v) is 1.86. The summed E-state index contributed by atoms with van der Waals surface area (Å²) in [6.07, 6.45) is 1.72. The molecular formula is C15H16FN5. The normalized spacial score (nSPS) is 10.0. The molecule has 0 atom stereocenters. The van der Waals surface area contributed by atoms with Gasteiger partial charge in [0.05, 0.1) is 5.56 Å². The number of anilines is 3. The summed E-state index contributed by atoms with van der Waals surface area (Å²) in [4.78, 5) is 8.76. The fourth-order valence-electron chi connectivity index (χ4n) is 1.86. The van der Waals surface area contributed by atoms with Crippen molar-refractivity contribution in [2.24, 2.45) is 0 Å². The van der Waals surface area contributed by atoms with Crippen LogP contribution in [0.25, 0.3) is 0 Å². The van der Waals surface area contributed by atoms with E-state index in [9.17, 15) is 4.39 Å². The van der Waals surface area contributed by atoms with Gasteiger partial charge in [-0.1, -0.05) is 6.92 Å². The van der Waals surface area contributed by atoms with Crippen LogP contribution in [0.2, 0.25) is 0 Å². The molecule has 0 saturated carbocycles. The first-order chi connectivity index (χ1) is 10.2. The topological polar surface area (TPSA) is 73.6 Å². The Balaban J connectivity index is 2.30. The zero-order valence-corrected chi connectivity index (χ0v) is 11.9. The average molecular weight is 285 g/mol. The Labute approximate surface area is 122 Å². The zero-order chi connectivity index (χ0) is 15.2. The Morgan fingerprint density at radius 3 is 2.67 bits per heavy atom. The Kier molecular flexibility index (Phi) is 4.67. The summed E-state index contributed by atoms with van der Waals surface area (Å²) < 4.78 is 13.3. The molecule has 1 aromatic heterocycles. The fraction of sp³-hybridized carbons (Fsp3) is 0.267. The highest BCUT2D eigenvalue weighted by atomic mass is 19.1. The third kappa shape index (κ3) is 3.66. The minimum absolute atomic E-state index is 0.00308. The molecule has 0 radical (unpaired) electrons. The Morgan fingerprint density at radius 1 is 1.24 bits per heavy atom. The molecule has 21 heavy (non-hydrogen) atoms. The van der Waals surface area contributed by atoms with Gasteiger partial charge < -0.3 is 10.6 Å². The molecule has 0 aliphatic rings. The molecule has 0 aliphatic carbocycles. The first-order valence-electron chi connectivity index (χ1n) is 6.68. The molecule has 0 bridgehead atoms. The van der Waals surface area contributed by atoms with Crippen LogP contribution in [0.5, 0.6) is 0 Å². The molecule has 0 amide bonds. The summed E-state index contributed by atoms with van der Waals surface area (Å²) in [6, 6.07) is 7.85. The Hall–Kier alpha value is -2.68. The molecule has 6 heteroatoms. The third-order valence-electron chi connectivity index (χ3n) is 2.86. The highest BCUT2D eigenvalue weighted by Gasteiger charge is 2.06. The molecule has 2 N–H and O–H groups in total. The van der Waals surface area contributed by atoms with Gasteiger partial charge in [-0.25, -0.2) is 14.4 Å². The van der Waals surface area contributed by atoms with E-state index in [4.69, 9.17) is 5.26 Å². The van der Waals surface area contributed by atoms with Gasteiger partial charge in [-0.15, -0.1) is 0 Å². The molecular weight excluding hydrogens is 269 g/mol. The number of rotatable bonds is 5. The third-order valence-corrected chi connectivity index (χ3v) is 2.86. The maximum Gasteiger partial charge on any atom is 0.141 e. The monoisotopic (exact) mass is 285 g/mol. The molecule has 0 saturated heterocycles. The Morgan fingerprint density at radius 2 is 2.00 bits per heavy atom. The minimum atomic E-state index is -0.534. The lowest BCUT2D eigenvalue weighted by Crippen LogP contribution is -2.04. The minimum Gasteiger partial charge on any atom is -0.373 e. The van der Waals surface area contributed by atoms with Crippen LogP contribution in [-0.2, 0) is 6.42 Å². The molecule has 0 aliphatic heterocycles. The van der Waals surface area contributed by atoms with Crippen molar-refractivity contribution in [2.75, 3.05) is 17.7 Å². The van der Waals surface area contributed by atoms with Crippen molar-refractivity contribution in [3.05, 3.63) is 41.5 Å². The van der Waals surface area contributed by atoms with Gasteiger partial charge in [0.15, 0.2) is 0 Å². The van der Waals surface area contributed by atoms with Crippen LogP contribution in [0.15, 0.2) is 24.3 Å². The number of nitrogens with zero attached hydrogens (tertiary/aromatic N) is 3. The van der Waals surface area contributed by atoms with Gasteiger partial charge in [0.25, 0.3) is 0 Å². The molecule has 2 aromatic rings. The summed E-state index contributed by atoms with van der Waals surface area (Å²) >= 11 is 0. The van der Waals surface area contributed by atoms with Crippen LogP contribution in [0.1, 0.15) is 24.7 Å². The number of nitrogens with one attached hydrogen (secondary N) is 2. The first-order valence-corrected chi connectivity index (χ1v) is 6.68. The van der Waals surface area contributed by atoms with Crippen molar-refractivity contribution < 1.29 is 4.39 Å². The smallest absolute Gasteiger partial charge is 0.141 e. The van der Waals surface area contributed by atoms with Crippen LogP contribution in [0.3, 0.4) is 0 Å². The van der Waals surface area contributed by atoms with Crippen LogP contribution < -0.4 is 10.6 Å². The number of halogens is 1. The number of hydrogen-bond acceptors (Lipinski definition) is 5. The van der Waals surface area contributed by atoms with Crippen molar-refractivity contribution in [3.63, 3.8) is 0 Å². The van der Waals surface area contributed by atoms with E-state index in [0.717, 1.165) is 18.7 Å². The van der Waals surface area contributed by atoms with Crippen molar-refractivity contribution in [2.45, 2.75) is 19.8 Å². The lowest BCUT2D eigenvalue weighted by atomic mass is 10.2. The molecule has 1 aromatic carbocycles. The van der Waals surface area contributed by atoms with E-state index in [-0.39, 0.29) is 5.56 Å². The van der Waals surface area contributed by atoms with Gasteiger partial charge in [0.2, 0.25) is 0 Å². The standard InChI is InChI=1S/C15H16FN5/c1-3-4-13-20-14(18-2)8-15(21-13)19-11-5-6-12(16)10(7-11)9-17/h5-8H,3-4H2,1-2H3,(H2,18,19,20,21). The van der Waals surface area contributed by atoms with Crippen LogP contribution in [0, 0.1) is 17.1 Å². The predicted octanol–water partition coefficient (Wildman–Crippen LogP) is 3.23. The number of benzene rings is 1. The second-order valence-corrected chi connectivity index (χ2v) is 4.49. The SMILES string of the molecule is CCCc1nc(NC)cc(Nc2ccc(F)c(C#N)c2)n1. The van der Waals surface area contributed by atoms with Crippen molar-refractivity contribution in [3.8, 4) is 6.07 Å². The molecule has 108 valence electrons. The lowest BCUT2D eigenvalue weighted by molar-refractivity contribution is 0.624. The van der Waals surface area contributed by atoms with Crippen molar-refractivity contribution in [1.82, 2.24) is 9.97 Å². The van der Waals surface area contributed by atoms with E-state index in [2.05, 4.69) is 27.5 Å². The van der Waals surface area contributed by atoms with Crippen LogP contribution in [-0.4, -0.2) is 17.0 Å². The number of hydrogen-bond donors (Lipinski definition) is 2. The van der Waals surface area contributed by atoms with Gasteiger partial charge in [0.1, 0.15) is 29.3 Å². The molecule has 5 nitrogen and oxygen atoms in total. The van der Waals surface area contributed by atoms with E-state index in [1.165, 1.54) is 12.1 Å². The van der Waals surface area contributed by atoms with Crippen molar-refractivity contribution in [1.29, 1.82) is 5.26 Å². The first kappa shape index (κ1) is 14.7. The largest absolute Gasteiger partial charge is 0.373 e. The summed E-state index contributed by atoms with van der Waals surface area (Å²) in [6.45, 7) is 2.06. The molecule has 0 fully saturated rings. The van der Waals surface area contributed by atoms with Gasteiger partial charge in [0, 0.05) is 25.2 Å². The summed E-state index contributed by atoms with van der Waals surface area (Å²) in [5.74, 6) is 1.51.